The Bertz CT molecular complexity index is 898. The number of hydrogen-bond acceptors (Lipinski definition) is 7. The fraction of sp³-hybridized carbons (Fsp3) is 0.278. The summed E-state index contributed by atoms with van der Waals surface area (Å²) in [5.74, 6) is -0.0900. The Kier molecular flexibility index (Phi) is 7.12. The van der Waals surface area contributed by atoms with Gasteiger partial charge in [0, 0.05) is 22.1 Å². The highest BCUT2D eigenvalue weighted by Gasteiger charge is 2.18. The van der Waals surface area contributed by atoms with E-state index >= 15 is 0 Å². The van der Waals surface area contributed by atoms with Crippen molar-refractivity contribution in [2.24, 2.45) is 0 Å². The van der Waals surface area contributed by atoms with Crippen LogP contribution in [-0.2, 0) is 11.2 Å². The summed E-state index contributed by atoms with van der Waals surface area (Å²) in [4.78, 5) is 13.8. The van der Waals surface area contributed by atoms with Crippen molar-refractivity contribution in [2.75, 3.05) is 17.2 Å². The number of carbonyl (C=O) groups excluding carboxylic acids is 1. The molecule has 1 aromatic carbocycles. The fourth-order valence-electron chi connectivity index (χ4n) is 2.26. The Balaban J connectivity index is 1.50. The second-order valence-electron chi connectivity index (χ2n) is 5.79. The molecule has 1 amide bonds. The molecule has 3 aromatic rings. The van der Waals surface area contributed by atoms with Crippen molar-refractivity contribution >= 4 is 62.8 Å². The Morgan fingerprint density at radius 3 is 2.93 bits per heavy atom. The van der Waals surface area contributed by atoms with Crippen LogP contribution < -0.4 is 10.6 Å². The highest BCUT2D eigenvalue weighted by molar-refractivity contribution is 8.02. The molecule has 0 bridgehead atoms. The number of anilines is 2. The average Bonchev–Trinajstić information content (AvgIpc) is 3.31. The third-order valence-corrected chi connectivity index (χ3v) is 7.22. The smallest absolute Gasteiger partial charge is 0.237 e. The second kappa shape index (κ2) is 9.54. The lowest BCUT2D eigenvalue weighted by Gasteiger charge is -2.12. The lowest BCUT2D eigenvalue weighted by molar-refractivity contribution is -0.115. The van der Waals surface area contributed by atoms with E-state index in [0.29, 0.717) is 5.02 Å². The molecule has 0 saturated heterocycles. The molecule has 1 atom stereocenters. The van der Waals surface area contributed by atoms with Crippen LogP contribution in [0, 0.1) is 6.92 Å². The van der Waals surface area contributed by atoms with Crippen LogP contribution in [0.4, 0.5) is 10.8 Å². The van der Waals surface area contributed by atoms with Gasteiger partial charge in [0.2, 0.25) is 11.0 Å². The minimum Gasteiger partial charge on any atom is -0.360 e. The van der Waals surface area contributed by atoms with Crippen LogP contribution in [0.1, 0.15) is 17.4 Å². The standard InChI is InChI=1S/C18H19ClN4OS3/c1-11-14(19)6-3-7-15(11)21-16(24)12(2)26-18-23-22-17(27-18)20-9-8-13-5-4-10-25-13/h3-7,10,12H,8-9H2,1-2H3,(H,20,22)(H,21,24). The maximum atomic E-state index is 12.5. The number of benzene rings is 1. The maximum absolute atomic E-state index is 12.5. The van der Waals surface area contributed by atoms with Crippen LogP contribution in [0.15, 0.2) is 40.1 Å². The summed E-state index contributed by atoms with van der Waals surface area (Å²) >= 11 is 10.7. The zero-order valence-corrected chi connectivity index (χ0v) is 18.1. The van der Waals surface area contributed by atoms with Crippen molar-refractivity contribution in [3.8, 4) is 0 Å². The van der Waals surface area contributed by atoms with Gasteiger partial charge in [-0.2, -0.15) is 0 Å². The summed E-state index contributed by atoms with van der Waals surface area (Å²) in [6.45, 7) is 4.55. The van der Waals surface area contributed by atoms with Gasteiger partial charge in [-0.15, -0.1) is 21.5 Å². The number of nitrogens with zero attached hydrogens (tertiary/aromatic N) is 2. The minimum atomic E-state index is -0.296. The predicted molar refractivity (Wildman–Crippen MR) is 117 cm³/mol. The van der Waals surface area contributed by atoms with E-state index in [1.54, 1.807) is 17.4 Å². The molecule has 0 fully saturated rings. The van der Waals surface area contributed by atoms with Crippen molar-refractivity contribution < 1.29 is 4.79 Å². The van der Waals surface area contributed by atoms with E-state index in [1.165, 1.54) is 28.0 Å². The van der Waals surface area contributed by atoms with Crippen LogP contribution in [0.2, 0.25) is 5.02 Å². The Hall–Kier alpha value is -1.61. The molecule has 0 saturated carbocycles. The summed E-state index contributed by atoms with van der Waals surface area (Å²) in [7, 11) is 0. The van der Waals surface area contributed by atoms with Gasteiger partial charge in [0.1, 0.15) is 0 Å². The number of amides is 1. The first-order chi connectivity index (χ1) is 13.0. The molecular formula is C18H19ClN4OS3. The topological polar surface area (TPSA) is 66.9 Å². The molecule has 142 valence electrons. The number of halogens is 1. The predicted octanol–water partition coefficient (Wildman–Crippen LogP) is 5.34. The van der Waals surface area contributed by atoms with E-state index in [2.05, 4.69) is 38.3 Å². The van der Waals surface area contributed by atoms with Crippen LogP contribution >= 0.6 is 46.0 Å². The fourth-order valence-corrected chi connectivity index (χ4v) is 5.06. The summed E-state index contributed by atoms with van der Waals surface area (Å²) < 4.78 is 0.763. The van der Waals surface area contributed by atoms with Gasteiger partial charge in [0.15, 0.2) is 4.34 Å². The van der Waals surface area contributed by atoms with Crippen LogP contribution in [-0.4, -0.2) is 27.9 Å². The summed E-state index contributed by atoms with van der Waals surface area (Å²) in [5, 5.41) is 17.7. The first kappa shape index (κ1) is 20.1. The molecule has 0 spiro atoms. The second-order valence-corrected chi connectivity index (χ2v) is 9.80. The third-order valence-electron chi connectivity index (χ3n) is 3.81. The molecule has 3 rings (SSSR count). The average molecular weight is 439 g/mol. The molecule has 0 radical (unpaired) electrons. The number of nitrogens with one attached hydrogen (secondary N) is 2. The monoisotopic (exact) mass is 438 g/mol. The quantitative estimate of drug-likeness (QED) is 0.465. The molecule has 0 aliphatic rings. The number of aromatic nitrogens is 2. The first-order valence-electron chi connectivity index (χ1n) is 8.35. The van der Waals surface area contributed by atoms with E-state index in [1.807, 2.05) is 26.0 Å². The van der Waals surface area contributed by atoms with Gasteiger partial charge in [0.05, 0.1) is 5.25 Å². The molecule has 0 aliphatic heterocycles. The lowest BCUT2D eigenvalue weighted by Crippen LogP contribution is -2.22. The Morgan fingerprint density at radius 2 is 2.15 bits per heavy atom. The molecule has 2 N–H and O–H groups in total. The zero-order valence-electron chi connectivity index (χ0n) is 14.9. The van der Waals surface area contributed by atoms with Crippen molar-refractivity contribution in [2.45, 2.75) is 29.9 Å². The molecule has 2 aromatic heterocycles. The number of thiophene rings is 1. The summed E-state index contributed by atoms with van der Waals surface area (Å²) in [5.41, 5.74) is 1.59. The molecule has 9 heteroatoms. The van der Waals surface area contributed by atoms with Gasteiger partial charge < -0.3 is 10.6 Å². The summed E-state index contributed by atoms with van der Waals surface area (Å²) in [6.07, 6.45) is 0.956. The van der Waals surface area contributed by atoms with Crippen LogP contribution in [0.5, 0.6) is 0 Å². The highest BCUT2D eigenvalue weighted by Crippen LogP contribution is 2.30. The van der Waals surface area contributed by atoms with Crippen molar-refractivity contribution in [3.05, 3.63) is 51.2 Å². The van der Waals surface area contributed by atoms with E-state index in [0.717, 1.165) is 33.7 Å². The lowest BCUT2D eigenvalue weighted by atomic mass is 10.2. The highest BCUT2D eigenvalue weighted by atomic mass is 35.5. The van der Waals surface area contributed by atoms with E-state index in [-0.39, 0.29) is 11.2 Å². The van der Waals surface area contributed by atoms with Gasteiger partial charge in [-0.3, -0.25) is 4.79 Å². The number of carbonyl (C=O) groups is 1. The van der Waals surface area contributed by atoms with Gasteiger partial charge in [0.25, 0.3) is 0 Å². The van der Waals surface area contributed by atoms with Crippen molar-refractivity contribution in [1.82, 2.24) is 10.2 Å². The zero-order chi connectivity index (χ0) is 19.2. The third kappa shape index (κ3) is 5.68. The molecule has 1 unspecified atom stereocenters. The number of hydrogen-bond donors (Lipinski definition) is 2. The molecule has 5 nitrogen and oxygen atoms in total. The number of rotatable bonds is 8. The van der Waals surface area contributed by atoms with Gasteiger partial charge in [-0.1, -0.05) is 46.8 Å². The normalized spacial score (nSPS) is 12.0. The maximum Gasteiger partial charge on any atom is 0.237 e. The number of thioether (sulfide) groups is 1. The molecule has 0 aliphatic carbocycles. The van der Waals surface area contributed by atoms with Crippen LogP contribution in [0.3, 0.4) is 0 Å². The van der Waals surface area contributed by atoms with E-state index in [9.17, 15) is 4.79 Å². The first-order valence-corrected chi connectivity index (χ1v) is 11.3. The molecule has 2 heterocycles. The van der Waals surface area contributed by atoms with Gasteiger partial charge in [-0.25, -0.2) is 0 Å². The summed E-state index contributed by atoms with van der Waals surface area (Å²) in [6, 6.07) is 9.64. The minimum absolute atomic E-state index is 0.0900. The molecular weight excluding hydrogens is 420 g/mol. The Morgan fingerprint density at radius 1 is 1.30 bits per heavy atom. The van der Waals surface area contributed by atoms with E-state index in [4.69, 9.17) is 11.6 Å². The SMILES string of the molecule is Cc1c(Cl)cccc1NC(=O)C(C)Sc1nnc(NCCc2cccs2)s1. The Labute approximate surface area is 175 Å². The van der Waals surface area contributed by atoms with E-state index < -0.39 is 0 Å². The van der Waals surface area contributed by atoms with Crippen molar-refractivity contribution in [1.29, 1.82) is 0 Å². The largest absolute Gasteiger partial charge is 0.360 e. The van der Waals surface area contributed by atoms with Gasteiger partial charge >= 0.3 is 0 Å². The van der Waals surface area contributed by atoms with Crippen molar-refractivity contribution in [3.63, 3.8) is 0 Å². The van der Waals surface area contributed by atoms with Crippen LogP contribution in [0.25, 0.3) is 0 Å². The van der Waals surface area contributed by atoms with Gasteiger partial charge in [-0.05, 0) is 49.4 Å². The molecule has 27 heavy (non-hydrogen) atoms.